The largest absolute Gasteiger partial charge is 0.497 e. The zero-order valence-corrected chi connectivity index (χ0v) is 6.64. The van der Waals surface area contributed by atoms with Crippen LogP contribution < -0.4 is 10.2 Å². The Morgan fingerprint density at radius 1 is 1.40 bits per heavy atom. The van der Waals surface area contributed by atoms with Crippen molar-refractivity contribution in [3.05, 3.63) is 23.8 Å². The number of hydrogen-bond acceptors (Lipinski definition) is 1. The van der Waals surface area contributed by atoms with Gasteiger partial charge in [-0.15, -0.1) is 0 Å². The highest BCUT2D eigenvalue weighted by atomic mass is 16.5. The van der Waals surface area contributed by atoms with Crippen molar-refractivity contribution in [1.29, 1.82) is 0 Å². The predicted octanol–water partition coefficient (Wildman–Crippen LogP) is 0.262. The van der Waals surface area contributed by atoms with Crippen LogP contribution in [0.1, 0.15) is 5.56 Å². The summed E-state index contributed by atoms with van der Waals surface area (Å²) < 4.78 is 5.10. The molecule has 0 saturated carbocycles. The first kappa shape index (κ1) is 7.20. The molecular formula is C8H11BO. The SMILES string of the molecule is Bc1cc(C)ccc1OC. The standard InChI is InChI=1S/C8H11BO/c1-6-3-4-8(10-2)7(9)5-6/h3-5H,9H2,1-2H3. The summed E-state index contributed by atoms with van der Waals surface area (Å²) in [5, 5.41) is 0. The molecule has 1 nitrogen and oxygen atoms in total. The Kier molecular flexibility index (Phi) is 2.00. The van der Waals surface area contributed by atoms with Crippen molar-refractivity contribution >= 4 is 13.3 Å². The van der Waals surface area contributed by atoms with E-state index in [4.69, 9.17) is 4.74 Å². The Labute approximate surface area is 62.4 Å². The zero-order chi connectivity index (χ0) is 7.56. The molecule has 10 heavy (non-hydrogen) atoms. The first-order valence-corrected chi connectivity index (χ1v) is 3.35. The normalized spacial score (nSPS) is 9.40. The van der Waals surface area contributed by atoms with Crippen LogP contribution in [0.15, 0.2) is 18.2 Å². The Morgan fingerprint density at radius 3 is 2.60 bits per heavy atom. The van der Waals surface area contributed by atoms with Crippen molar-refractivity contribution in [2.75, 3.05) is 7.11 Å². The summed E-state index contributed by atoms with van der Waals surface area (Å²) in [6.45, 7) is 2.08. The molecule has 0 aliphatic heterocycles. The summed E-state index contributed by atoms with van der Waals surface area (Å²) in [4.78, 5) is 0. The van der Waals surface area contributed by atoms with E-state index in [0.29, 0.717) is 0 Å². The minimum Gasteiger partial charge on any atom is -0.497 e. The molecule has 0 spiro atoms. The smallest absolute Gasteiger partial charge is 0.144 e. The fraction of sp³-hybridized carbons (Fsp3) is 0.250. The van der Waals surface area contributed by atoms with Gasteiger partial charge in [-0.3, -0.25) is 0 Å². The van der Waals surface area contributed by atoms with Crippen LogP contribution in [0.5, 0.6) is 5.75 Å². The molecule has 0 radical (unpaired) electrons. The third-order valence-corrected chi connectivity index (χ3v) is 1.55. The number of ether oxygens (including phenoxy) is 1. The van der Waals surface area contributed by atoms with E-state index >= 15 is 0 Å². The Hall–Kier alpha value is -0.915. The lowest BCUT2D eigenvalue weighted by atomic mass is 9.93. The molecule has 0 N–H and O–H groups in total. The fourth-order valence-electron chi connectivity index (χ4n) is 1.03. The topological polar surface area (TPSA) is 9.23 Å². The first-order chi connectivity index (χ1) is 4.74. The highest BCUT2D eigenvalue weighted by Crippen LogP contribution is 2.05. The minimum atomic E-state index is 0.964. The van der Waals surface area contributed by atoms with Crippen LogP contribution in [0.4, 0.5) is 0 Å². The molecule has 0 saturated heterocycles. The number of aryl methyl sites for hydroxylation is 1. The van der Waals surface area contributed by atoms with Gasteiger partial charge >= 0.3 is 0 Å². The van der Waals surface area contributed by atoms with E-state index in [2.05, 4.69) is 13.0 Å². The molecule has 0 bridgehead atoms. The fourth-order valence-corrected chi connectivity index (χ4v) is 1.03. The lowest BCUT2D eigenvalue weighted by molar-refractivity contribution is 0.418. The maximum atomic E-state index is 5.10. The lowest BCUT2D eigenvalue weighted by Crippen LogP contribution is -2.06. The summed E-state index contributed by atoms with van der Waals surface area (Å²) in [7, 11) is 3.74. The van der Waals surface area contributed by atoms with E-state index in [1.807, 2.05) is 20.0 Å². The quantitative estimate of drug-likeness (QED) is 0.500. The average Bonchev–Trinajstić information content (AvgIpc) is 1.88. The van der Waals surface area contributed by atoms with Crippen LogP contribution in [0, 0.1) is 6.92 Å². The van der Waals surface area contributed by atoms with E-state index in [0.717, 1.165) is 5.75 Å². The summed E-state index contributed by atoms with van der Waals surface area (Å²) in [6, 6.07) is 6.15. The molecule has 0 aromatic heterocycles. The highest BCUT2D eigenvalue weighted by molar-refractivity contribution is 6.34. The molecule has 1 rings (SSSR count). The van der Waals surface area contributed by atoms with Gasteiger partial charge < -0.3 is 4.74 Å². The van der Waals surface area contributed by atoms with Gasteiger partial charge in [-0.2, -0.15) is 0 Å². The Morgan fingerprint density at radius 2 is 2.10 bits per heavy atom. The summed E-state index contributed by atoms with van der Waals surface area (Å²) in [5.74, 6) is 0.964. The van der Waals surface area contributed by atoms with Gasteiger partial charge in [0.25, 0.3) is 0 Å². The molecule has 0 heterocycles. The van der Waals surface area contributed by atoms with Crippen molar-refractivity contribution in [2.45, 2.75) is 6.92 Å². The van der Waals surface area contributed by atoms with Gasteiger partial charge in [0.2, 0.25) is 0 Å². The molecule has 0 atom stereocenters. The number of methoxy groups -OCH3 is 1. The van der Waals surface area contributed by atoms with Gasteiger partial charge in [0, 0.05) is 0 Å². The average molecular weight is 134 g/mol. The monoisotopic (exact) mass is 134 g/mol. The van der Waals surface area contributed by atoms with Crippen molar-refractivity contribution in [1.82, 2.24) is 0 Å². The maximum absolute atomic E-state index is 5.10. The molecule has 0 aliphatic rings. The van der Waals surface area contributed by atoms with E-state index in [1.54, 1.807) is 7.11 Å². The van der Waals surface area contributed by atoms with Gasteiger partial charge in [0.1, 0.15) is 13.6 Å². The van der Waals surface area contributed by atoms with Crippen LogP contribution in [0.3, 0.4) is 0 Å². The maximum Gasteiger partial charge on any atom is 0.144 e. The molecule has 0 fully saturated rings. The zero-order valence-electron chi connectivity index (χ0n) is 6.64. The van der Waals surface area contributed by atoms with Gasteiger partial charge in [-0.25, -0.2) is 0 Å². The van der Waals surface area contributed by atoms with Crippen molar-refractivity contribution < 1.29 is 4.74 Å². The van der Waals surface area contributed by atoms with E-state index in [1.165, 1.54) is 11.0 Å². The van der Waals surface area contributed by atoms with Gasteiger partial charge in [0.15, 0.2) is 0 Å². The molecular weight excluding hydrogens is 123 g/mol. The van der Waals surface area contributed by atoms with Crippen LogP contribution >= 0.6 is 0 Å². The second-order valence-electron chi connectivity index (χ2n) is 2.47. The van der Waals surface area contributed by atoms with Crippen molar-refractivity contribution in [3.8, 4) is 5.75 Å². The third kappa shape index (κ3) is 1.32. The van der Waals surface area contributed by atoms with E-state index in [9.17, 15) is 0 Å². The van der Waals surface area contributed by atoms with E-state index < -0.39 is 0 Å². The van der Waals surface area contributed by atoms with Gasteiger partial charge in [-0.05, 0) is 18.5 Å². The number of rotatable bonds is 1. The molecule has 1 aromatic rings. The van der Waals surface area contributed by atoms with Gasteiger partial charge in [-0.1, -0.05) is 17.7 Å². The number of benzene rings is 1. The summed E-state index contributed by atoms with van der Waals surface area (Å²) >= 11 is 0. The first-order valence-electron chi connectivity index (χ1n) is 3.35. The number of hydrogen-bond donors (Lipinski definition) is 0. The second kappa shape index (κ2) is 2.78. The van der Waals surface area contributed by atoms with Crippen LogP contribution in [0.25, 0.3) is 0 Å². The predicted molar refractivity (Wildman–Crippen MR) is 45.9 cm³/mol. The summed E-state index contributed by atoms with van der Waals surface area (Å²) in [6.07, 6.45) is 0. The Bertz CT molecular complexity index is 233. The molecule has 0 aliphatic carbocycles. The summed E-state index contributed by atoms with van der Waals surface area (Å²) in [5.41, 5.74) is 2.47. The van der Waals surface area contributed by atoms with Crippen molar-refractivity contribution in [2.24, 2.45) is 0 Å². The van der Waals surface area contributed by atoms with E-state index in [-0.39, 0.29) is 0 Å². The molecule has 1 aromatic carbocycles. The van der Waals surface area contributed by atoms with Crippen LogP contribution in [-0.4, -0.2) is 15.0 Å². The Balaban J connectivity index is 3.07. The van der Waals surface area contributed by atoms with Crippen molar-refractivity contribution in [3.63, 3.8) is 0 Å². The van der Waals surface area contributed by atoms with Crippen LogP contribution in [-0.2, 0) is 0 Å². The third-order valence-electron chi connectivity index (χ3n) is 1.55. The molecule has 52 valence electrons. The highest BCUT2D eigenvalue weighted by Gasteiger charge is 1.94. The van der Waals surface area contributed by atoms with Crippen LogP contribution in [0.2, 0.25) is 0 Å². The van der Waals surface area contributed by atoms with Gasteiger partial charge in [0.05, 0.1) is 7.11 Å². The molecule has 0 unspecified atom stereocenters. The molecule has 0 amide bonds. The minimum absolute atomic E-state index is 0.964. The lowest BCUT2D eigenvalue weighted by Gasteiger charge is -2.03. The second-order valence-corrected chi connectivity index (χ2v) is 2.47. The molecule has 2 heteroatoms.